The first-order chi connectivity index (χ1) is 14.0. The second-order valence-electron chi connectivity index (χ2n) is 5.60. The van der Waals surface area contributed by atoms with Gasteiger partial charge in [-0.1, -0.05) is 17.4 Å². The van der Waals surface area contributed by atoms with Crippen LogP contribution in [0.3, 0.4) is 0 Å². The Morgan fingerprint density at radius 3 is 2.69 bits per heavy atom. The molecule has 11 heteroatoms. The van der Waals surface area contributed by atoms with Crippen molar-refractivity contribution in [3.63, 3.8) is 0 Å². The molecule has 0 radical (unpaired) electrons. The Bertz CT molecular complexity index is 1170. The van der Waals surface area contributed by atoms with Crippen molar-refractivity contribution in [3.8, 4) is 16.4 Å². The summed E-state index contributed by atoms with van der Waals surface area (Å²) in [4.78, 5) is 33.5. The number of carbonyl (C=O) groups is 2. The van der Waals surface area contributed by atoms with Gasteiger partial charge in [0.15, 0.2) is 11.0 Å². The van der Waals surface area contributed by atoms with Crippen LogP contribution >= 0.6 is 22.7 Å². The van der Waals surface area contributed by atoms with E-state index in [1.165, 1.54) is 41.5 Å². The van der Waals surface area contributed by atoms with Crippen molar-refractivity contribution in [2.24, 2.45) is 0 Å². The van der Waals surface area contributed by atoms with E-state index >= 15 is 0 Å². The fraction of sp³-hybridized carbons (Fsp3) is 0.0556. The number of esters is 1. The molecule has 29 heavy (non-hydrogen) atoms. The van der Waals surface area contributed by atoms with Crippen molar-refractivity contribution in [1.82, 2.24) is 19.7 Å². The van der Waals surface area contributed by atoms with E-state index in [9.17, 15) is 14.0 Å². The molecule has 1 N–H and O–H groups in total. The summed E-state index contributed by atoms with van der Waals surface area (Å²) in [6, 6.07) is 9.41. The van der Waals surface area contributed by atoms with E-state index in [-0.39, 0.29) is 21.7 Å². The molecule has 0 saturated heterocycles. The van der Waals surface area contributed by atoms with Gasteiger partial charge in [0.25, 0.3) is 5.91 Å². The van der Waals surface area contributed by atoms with Gasteiger partial charge in [-0.05, 0) is 35.7 Å². The van der Waals surface area contributed by atoms with Crippen LogP contribution in [0.15, 0.2) is 48.0 Å². The topological polar surface area (TPSA) is 99.0 Å². The average molecular weight is 429 g/mol. The number of nitrogens with one attached hydrogen (secondary N) is 1. The Morgan fingerprint density at radius 2 is 2.00 bits per heavy atom. The van der Waals surface area contributed by atoms with Gasteiger partial charge in [0, 0.05) is 0 Å². The number of thiazole rings is 1. The van der Waals surface area contributed by atoms with Gasteiger partial charge in [0.05, 0.1) is 23.9 Å². The number of thiophene rings is 1. The van der Waals surface area contributed by atoms with Crippen LogP contribution in [-0.2, 0) is 4.74 Å². The maximum Gasteiger partial charge on any atom is 0.349 e. The number of hydrogen-bond donors (Lipinski definition) is 1. The number of methoxy groups -OCH3 is 1. The fourth-order valence-electron chi connectivity index (χ4n) is 2.42. The number of carbonyl (C=O) groups excluding carboxylic acids is 2. The molecule has 4 aromatic rings. The van der Waals surface area contributed by atoms with E-state index < -0.39 is 11.9 Å². The standard InChI is InChI=1S/C18H12FN5O3S2/c1-27-17(26)13-9-20-18(29-13)22-16(25)14-21-15(12-3-2-8-28-12)24(23-14)11-6-4-10(19)5-7-11/h2-9H,1H3,(H,20,22,25). The molecule has 0 bridgehead atoms. The van der Waals surface area contributed by atoms with E-state index in [0.717, 1.165) is 16.2 Å². The molecule has 8 nitrogen and oxygen atoms in total. The lowest BCUT2D eigenvalue weighted by Gasteiger charge is -2.03. The number of nitrogens with zero attached hydrogens (tertiary/aromatic N) is 4. The van der Waals surface area contributed by atoms with Crippen molar-refractivity contribution in [1.29, 1.82) is 0 Å². The lowest BCUT2D eigenvalue weighted by molar-refractivity contribution is 0.0606. The van der Waals surface area contributed by atoms with Crippen LogP contribution in [-0.4, -0.2) is 38.7 Å². The minimum absolute atomic E-state index is 0.0902. The molecular formula is C18H12FN5O3S2. The lowest BCUT2D eigenvalue weighted by Crippen LogP contribution is -2.14. The van der Waals surface area contributed by atoms with E-state index in [1.807, 2.05) is 17.5 Å². The van der Waals surface area contributed by atoms with Crippen molar-refractivity contribution < 1.29 is 18.7 Å². The predicted molar refractivity (Wildman–Crippen MR) is 106 cm³/mol. The number of aromatic nitrogens is 4. The average Bonchev–Trinajstić information content (AvgIpc) is 3.47. The molecule has 4 rings (SSSR count). The summed E-state index contributed by atoms with van der Waals surface area (Å²) in [5.41, 5.74) is 0.559. The minimum Gasteiger partial charge on any atom is -0.465 e. The molecule has 3 aromatic heterocycles. The highest BCUT2D eigenvalue weighted by atomic mass is 32.1. The largest absolute Gasteiger partial charge is 0.465 e. The van der Waals surface area contributed by atoms with Crippen LogP contribution in [0.4, 0.5) is 9.52 Å². The Hall–Kier alpha value is -3.44. The number of anilines is 1. The van der Waals surface area contributed by atoms with Gasteiger partial charge < -0.3 is 4.74 Å². The van der Waals surface area contributed by atoms with Crippen molar-refractivity contribution in [2.75, 3.05) is 12.4 Å². The molecule has 0 unspecified atom stereocenters. The zero-order chi connectivity index (χ0) is 20.4. The first kappa shape index (κ1) is 18.9. The molecule has 0 saturated carbocycles. The summed E-state index contributed by atoms with van der Waals surface area (Å²) in [7, 11) is 1.26. The van der Waals surface area contributed by atoms with Crippen LogP contribution in [0.2, 0.25) is 0 Å². The third-order valence-electron chi connectivity index (χ3n) is 3.74. The summed E-state index contributed by atoms with van der Waals surface area (Å²) < 4.78 is 19.4. The normalized spacial score (nSPS) is 10.7. The van der Waals surface area contributed by atoms with Gasteiger partial charge in [0.1, 0.15) is 10.7 Å². The monoisotopic (exact) mass is 429 g/mol. The number of halogens is 1. The van der Waals surface area contributed by atoms with E-state index in [0.29, 0.717) is 11.5 Å². The summed E-state index contributed by atoms with van der Waals surface area (Å²) >= 11 is 2.41. The first-order valence-electron chi connectivity index (χ1n) is 8.17. The number of rotatable bonds is 5. The van der Waals surface area contributed by atoms with Crippen LogP contribution in [0.1, 0.15) is 20.3 Å². The summed E-state index contributed by atoms with van der Waals surface area (Å²) in [6.45, 7) is 0. The molecule has 146 valence electrons. The van der Waals surface area contributed by atoms with Crippen molar-refractivity contribution in [3.05, 3.63) is 64.5 Å². The number of ether oxygens (including phenoxy) is 1. The molecule has 0 aliphatic rings. The number of hydrogen-bond acceptors (Lipinski definition) is 8. The Labute approximate surface area is 171 Å². The molecule has 0 aliphatic heterocycles. The highest BCUT2D eigenvalue weighted by Crippen LogP contribution is 2.26. The molecule has 0 atom stereocenters. The van der Waals surface area contributed by atoms with Gasteiger partial charge in [-0.15, -0.1) is 16.4 Å². The van der Waals surface area contributed by atoms with Crippen LogP contribution < -0.4 is 5.32 Å². The summed E-state index contributed by atoms with van der Waals surface area (Å²) in [5.74, 6) is -1.15. The van der Waals surface area contributed by atoms with Crippen LogP contribution in [0.25, 0.3) is 16.4 Å². The van der Waals surface area contributed by atoms with E-state index in [2.05, 4.69) is 25.1 Å². The highest BCUT2D eigenvalue weighted by Gasteiger charge is 2.21. The SMILES string of the molecule is COC(=O)c1cnc(NC(=O)c2nc(-c3cccs3)n(-c3ccc(F)cc3)n2)s1. The maximum absolute atomic E-state index is 13.3. The predicted octanol–water partition coefficient (Wildman–Crippen LogP) is 3.63. The minimum atomic E-state index is -0.588. The third-order valence-corrected chi connectivity index (χ3v) is 5.49. The molecule has 0 fully saturated rings. The maximum atomic E-state index is 13.3. The first-order valence-corrected chi connectivity index (χ1v) is 9.87. The molecular weight excluding hydrogens is 417 g/mol. The molecule has 0 spiro atoms. The van der Waals surface area contributed by atoms with E-state index in [4.69, 9.17) is 0 Å². The van der Waals surface area contributed by atoms with E-state index in [1.54, 1.807) is 12.1 Å². The Balaban J connectivity index is 1.66. The quantitative estimate of drug-likeness (QED) is 0.487. The zero-order valence-electron chi connectivity index (χ0n) is 14.8. The third kappa shape index (κ3) is 3.91. The molecule has 1 amide bonds. The van der Waals surface area contributed by atoms with Crippen molar-refractivity contribution >= 4 is 39.7 Å². The molecule has 0 aliphatic carbocycles. The van der Waals surface area contributed by atoms with Gasteiger partial charge in [0.2, 0.25) is 5.82 Å². The van der Waals surface area contributed by atoms with Gasteiger partial charge in [-0.3, -0.25) is 10.1 Å². The zero-order valence-corrected chi connectivity index (χ0v) is 16.5. The second-order valence-corrected chi connectivity index (χ2v) is 7.58. The summed E-state index contributed by atoms with van der Waals surface area (Å²) in [6.07, 6.45) is 1.31. The fourth-order valence-corrected chi connectivity index (χ4v) is 3.84. The molecule has 3 heterocycles. The van der Waals surface area contributed by atoms with Crippen LogP contribution in [0, 0.1) is 5.82 Å². The van der Waals surface area contributed by atoms with Gasteiger partial charge in [-0.25, -0.2) is 23.8 Å². The van der Waals surface area contributed by atoms with Crippen molar-refractivity contribution in [2.45, 2.75) is 0 Å². The second kappa shape index (κ2) is 7.89. The van der Waals surface area contributed by atoms with Gasteiger partial charge >= 0.3 is 5.97 Å². The number of amides is 1. The van der Waals surface area contributed by atoms with Gasteiger partial charge in [-0.2, -0.15) is 0 Å². The Kier molecular flexibility index (Phi) is 5.14. The summed E-state index contributed by atoms with van der Waals surface area (Å²) in [5, 5.41) is 8.94. The lowest BCUT2D eigenvalue weighted by atomic mass is 10.3. The molecule has 1 aromatic carbocycles. The number of benzene rings is 1. The smallest absolute Gasteiger partial charge is 0.349 e. The Morgan fingerprint density at radius 1 is 1.21 bits per heavy atom. The van der Waals surface area contributed by atoms with Crippen LogP contribution in [0.5, 0.6) is 0 Å². The highest BCUT2D eigenvalue weighted by molar-refractivity contribution is 7.17.